The fourth-order valence-electron chi connectivity index (χ4n) is 1.48. The van der Waals surface area contributed by atoms with E-state index in [2.05, 4.69) is 10.5 Å². The second kappa shape index (κ2) is 3.76. The van der Waals surface area contributed by atoms with Crippen LogP contribution in [0.3, 0.4) is 0 Å². The summed E-state index contributed by atoms with van der Waals surface area (Å²) in [5, 5.41) is 16.5. The van der Waals surface area contributed by atoms with Gasteiger partial charge in [0.15, 0.2) is 11.4 Å². The molecular weight excluding hydrogens is 220 g/mol. The van der Waals surface area contributed by atoms with Crippen molar-refractivity contribution in [2.24, 2.45) is 0 Å². The third kappa shape index (κ3) is 2.08. The molecule has 1 aromatic carbocycles. The number of aryl methyl sites for hydroxylation is 1. The van der Waals surface area contributed by atoms with Gasteiger partial charge in [0.1, 0.15) is 5.54 Å². The summed E-state index contributed by atoms with van der Waals surface area (Å²) in [5.41, 5.74) is 0.626. The van der Waals surface area contributed by atoms with E-state index in [1.807, 2.05) is 25.1 Å². The van der Waals surface area contributed by atoms with E-state index in [0.29, 0.717) is 11.4 Å². The quantitative estimate of drug-likeness (QED) is 0.852. The summed E-state index contributed by atoms with van der Waals surface area (Å²) < 4.78 is 5.15. The van der Waals surface area contributed by atoms with E-state index in [-0.39, 0.29) is 0 Å². The van der Waals surface area contributed by atoms with Crippen LogP contribution < -0.4 is 5.32 Å². The molecule has 1 heterocycles. The van der Waals surface area contributed by atoms with Gasteiger partial charge in [-0.1, -0.05) is 11.2 Å². The SMILES string of the molecule is Cc1ccc2c(NC(C)(C)C(=O)O)noc2c1. The van der Waals surface area contributed by atoms with E-state index in [9.17, 15) is 4.79 Å². The van der Waals surface area contributed by atoms with E-state index >= 15 is 0 Å². The van der Waals surface area contributed by atoms with Crippen LogP contribution in [-0.2, 0) is 4.79 Å². The van der Waals surface area contributed by atoms with Crippen LogP contribution >= 0.6 is 0 Å². The number of fused-ring (bicyclic) bond motifs is 1. The third-order valence-corrected chi connectivity index (χ3v) is 2.59. The zero-order valence-corrected chi connectivity index (χ0v) is 9.94. The molecule has 0 spiro atoms. The highest BCUT2D eigenvalue weighted by atomic mass is 16.5. The van der Waals surface area contributed by atoms with Crippen molar-refractivity contribution in [3.05, 3.63) is 23.8 Å². The summed E-state index contributed by atoms with van der Waals surface area (Å²) in [6.45, 7) is 5.10. The van der Waals surface area contributed by atoms with E-state index in [1.165, 1.54) is 0 Å². The largest absolute Gasteiger partial charge is 0.480 e. The Morgan fingerprint density at radius 3 is 2.82 bits per heavy atom. The maximum Gasteiger partial charge on any atom is 0.328 e. The molecule has 0 saturated heterocycles. The minimum Gasteiger partial charge on any atom is -0.480 e. The number of carboxylic acids is 1. The third-order valence-electron chi connectivity index (χ3n) is 2.59. The molecule has 17 heavy (non-hydrogen) atoms. The highest BCUT2D eigenvalue weighted by Gasteiger charge is 2.28. The fraction of sp³-hybridized carbons (Fsp3) is 0.333. The average molecular weight is 234 g/mol. The van der Waals surface area contributed by atoms with Gasteiger partial charge in [-0.15, -0.1) is 0 Å². The lowest BCUT2D eigenvalue weighted by molar-refractivity contribution is -0.141. The van der Waals surface area contributed by atoms with Crippen molar-refractivity contribution in [2.75, 3.05) is 5.32 Å². The first kappa shape index (κ1) is 11.4. The monoisotopic (exact) mass is 234 g/mol. The van der Waals surface area contributed by atoms with Crippen molar-refractivity contribution in [2.45, 2.75) is 26.3 Å². The molecule has 2 aromatic rings. The van der Waals surface area contributed by atoms with Gasteiger partial charge < -0.3 is 14.9 Å². The lowest BCUT2D eigenvalue weighted by atomic mass is 10.1. The molecule has 0 bridgehead atoms. The molecule has 0 aliphatic carbocycles. The molecule has 90 valence electrons. The minimum atomic E-state index is -1.09. The molecule has 0 saturated carbocycles. The summed E-state index contributed by atoms with van der Waals surface area (Å²) in [6.07, 6.45) is 0. The predicted molar refractivity (Wildman–Crippen MR) is 64.1 cm³/mol. The first-order chi connectivity index (χ1) is 7.90. The Morgan fingerprint density at radius 1 is 1.47 bits per heavy atom. The Hall–Kier alpha value is -2.04. The number of nitrogens with one attached hydrogen (secondary N) is 1. The number of nitrogens with zero attached hydrogens (tertiary/aromatic N) is 1. The molecule has 0 fully saturated rings. The second-order valence-corrected chi connectivity index (χ2v) is 4.59. The molecule has 5 heteroatoms. The normalized spacial score (nSPS) is 11.7. The smallest absolute Gasteiger partial charge is 0.328 e. The number of carboxylic acid groups (broad SMARTS) is 1. The molecule has 2 rings (SSSR count). The number of anilines is 1. The number of hydrogen-bond acceptors (Lipinski definition) is 4. The lowest BCUT2D eigenvalue weighted by Gasteiger charge is -2.20. The van der Waals surface area contributed by atoms with Gasteiger partial charge in [-0.3, -0.25) is 0 Å². The number of aromatic nitrogens is 1. The van der Waals surface area contributed by atoms with Gasteiger partial charge in [-0.25, -0.2) is 4.79 Å². The van der Waals surface area contributed by atoms with Gasteiger partial charge in [0.2, 0.25) is 0 Å². The van der Waals surface area contributed by atoms with Gasteiger partial charge in [0.25, 0.3) is 0 Å². The van der Waals surface area contributed by atoms with Crippen LogP contribution in [0.2, 0.25) is 0 Å². The fourth-order valence-corrected chi connectivity index (χ4v) is 1.48. The van der Waals surface area contributed by atoms with Crippen LogP contribution in [0.5, 0.6) is 0 Å². The maximum atomic E-state index is 11.0. The predicted octanol–water partition coefficient (Wildman–Crippen LogP) is 2.41. The number of benzene rings is 1. The van der Waals surface area contributed by atoms with Crippen LogP contribution in [0.25, 0.3) is 11.0 Å². The zero-order chi connectivity index (χ0) is 12.6. The van der Waals surface area contributed by atoms with Crippen molar-refractivity contribution in [1.29, 1.82) is 0 Å². The van der Waals surface area contributed by atoms with Gasteiger partial charge in [0, 0.05) is 0 Å². The summed E-state index contributed by atoms with van der Waals surface area (Å²) in [5.74, 6) is -0.492. The molecule has 5 nitrogen and oxygen atoms in total. The molecule has 0 aliphatic rings. The number of rotatable bonds is 3. The van der Waals surface area contributed by atoms with Crippen LogP contribution in [-0.4, -0.2) is 21.8 Å². The van der Waals surface area contributed by atoms with Crippen LogP contribution in [0.15, 0.2) is 22.7 Å². The van der Waals surface area contributed by atoms with Gasteiger partial charge in [-0.2, -0.15) is 0 Å². The Labute approximate surface area is 98.4 Å². The summed E-state index contributed by atoms with van der Waals surface area (Å²) >= 11 is 0. The van der Waals surface area contributed by atoms with Crippen molar-refractivity contribution in [1.82, 2.24) is 5.16 Å². The number of carbonyl (C=O) groups is 1. The summed E-state index contributed by atoms with van der Waals surface area (Å²) in [4.78, 5) is 11.0. The van der Waals surface area contributed by atoms with E-state index in [0.717, 1.165) is 10.9 Å². The first-order valence-electron chi connectivity index (χ1n) is 5.28. The van der Waals surface area contributed by atoms with E-state index < -0.39 is 11.5 Å². The van der Waals surface area contributed by atoms with Gasteiger partial charge in [-0.05, 0) is 38.5 Å². The van der Waals surface area contributed by atoms with E-state index in [4.69, 9.17) is 9.63 Å². The second-order valence-electron chi connectivity index (χ2n) is 4.59. The minimum absolute atomic E-state index is 0.451. The van der Waals surface area contributed by atoms with Crippen molar-refractivity contribution < 1.29 is 14.4 Å². The van der Waals surface area contributed by atoms with Crippen molar-refractivity contribution in [3.63, 3.8) is 0 Å². The Bertz CT molecular complexity index is 572. The van der Waals surface area contributed by atoms with Gasteiger partial charge >= 0.3 is 5.97 Å². The highest BCUT2D eigenvalue weighted by molar-refractivity contribution is 5.91. The molecule has 0 unspecified atom stereocenters. The Kier molecular flexibility index (Phi) is 2.53. The number of aliphatic carboxylic acids is 1. The zero-order valence-electron chi connectivity index (χ0n) is 9.94. The molecule has 2 N–H and O–H groups in total. The highest BCUT2D eigenvalue weighted by Crippen LogP contribution is 2.26. The van der Waals surface area contributed by atoms with E-state index in [1.54, 1.807) is 13.8 Å². The average Bonchev–Trinajstić information content (AvgIpc) is 2.60. The van der Waals surface area contributed by atoms with Crippen LogP contribution in [0.4, 0.5) is 5.82 Å². The Balaban J connectivity index is 2.41. The topological polar surface area (TPSA) is 75.4 Å². The molecule has 0 atom stereocenters. The van der Waals surface area contributed by atoms with Crippen molar-refractivity contribution >= 4 is 22.8 Å². The summed E-state index contributed by atoms with van der Waals surface area (Å²) in [7, 11) is 0. The molecule has 0 aliphatic heterocycles. The summed E-state index contributed by atoms with van der Waals surface area (Å²) in [6, 6.07) is 5.65. The molecule has 0 radical (unpaired) electrons. The van der Waals surface area contributed by atoms with Gasteiger partial charge in [0.05, 0.1) is 5.39 Å². The van der Waals surface area contributed by atoms with Crippen LogP contribution in [0, 0.1) is 6.92 Å². The molecular formula is C12H14N2O3. The molecule has 0 amide bonds. The standard InChI is InChI=1S/C12H14N2O3/c1-7-4-5-8-9(6-7)17-14-10(8)13-12(2,3)11(15)16/h4-6H,1-3H3,(H,13,14)(H,15,16). The molecule has 1 aromatic heterocycles. The van der Waals surface area contributed by atoms with Crippen molar-refractivity contribution in [3.8, 4) is 0 Å². The number of hydrogen-bond donors (Lipinski definition) is 2. The Morgan fingerprint density at radius 2 is 2.18 bits per heavy atom. The first-order valence-corrected chi connectivity index (χ1v) is 5.28. The maximum absolute atomic E-state index is 11.0. The lowest BCUT2D eigenvalue weighted by Crippen LogP contribution is -2.40. The van der Waals surface area contributed by atoms with Crippen LogP contribution in [0.1, 0.15) is 19.4 Å².